The third-order valence-electron chi connectivity index (χ3n) is 3.67. The molecular weight excluding hydrogens is 338 g/mol. The number of benzene rings is 2. The number of hydrogen-bond acceptors (Lipinski definition) is 4. The van der Waals surface area contributed by atoms with E-state index in [1.54, 1.807) is 24.3 Å². The van der Waals surface area contributed by atoms with Crippen molar-refractivity contribution in [1.29, 1.82) is 0 Å². The molecule has 2 aromatic carbocycles. The Balaban J connectivity index is 1.64. The first-order chi connectivity index (χ1) is 12.0. The molecule has 5 nitrogen and oxygen atoms in total. The molecule has 0 atom stereocenters. The summed E-state index contributed by atoms with van der Waals surface area (Å²) in [4.78, 5) is 11.9. The minimum absolute atomic E-state index is 0.250. The van der Waals surface area contributed by atoms with Crippen molar-refractivity contribution in [3.05, 3.63) is 65.7 Å². The van der Waals surface area contributed by atoms with Gasteiger partial charge in [0.15, 0.2) is 0 Å². The Morgan fingerprint density at radius 2 is 1.68 bits per heavy atom. The minimum Gasteiger partial charge on any atom is -0.461 e. The van der Waals surface area contributed by atoms with Crippen LogP contribution in [-0.2, 0) is 26.2 Å². The van der Waals surface area contributed by atoms with E-state index in [0.29, 0.717) is 19.4 Å². The lowest BCUT2D eigenvalue weighted by atomic mass is 10.2. The van der Waals surface area contributed by atoms with E-state index in [2.05, 4.69) is 4.72 Å². The Bertz CT molecular complexity index is 771. The zero-order chi connectivity index (χ0) is 18.1. The number of hydrogen-bond donors (Lipinski definition) is 1. The highest BCUT2D eigenvalue weighted by Crippen LogP contribution is 2.10. The predicted octanol–water partition coefficient (Wildman–Crippen LogP) is 3.19. The topological polar surface area (TPSA) is 72.5 Å². The Morgan fingerprint density at radius 3 is 2.36 bits per heavy atom. The SMILES string of the molecule is Cc1ccc(S(=O)(=O)NCCCCC(=O)OCc2ccccc2)cc1. The molecular formula is C19H23NO4S. The van der Waals surface area contributed by atoms with Crippen molar-refractivity contribution in [3.8, 4) is 0 Å². The molecule has 0 fully saturated rings. The van der Waals surface area contributed by atoms with Gasteiger partial charge in [0.25, 0.3) is 0 Å². The zero-order valence-electron chi connectivity index (χ0n) is 14.3. The molecule has 1 N–H and O–H groups in total. The molecule has 0 unspecified atom stereocenters. The quantitative estimate of drug-likeness (QED) is 0.550. The first-order valence-electron chi connectivity index (χ1n) is 8.23. The summed E-state index contributed by atoms with van der Waals surface area (Å²) in [5, 5.41) is 0. The molecule has 0 saturated carbocycles. The van der Waals surface area contributed by atoms with Crippen LogP contribution in [0, 0.1) is 6.92 Å². The molecule has 0 aliphatic carbocycles. The van der Waals surface area contributed by atoms with E-state index in [1.165, 1.54) is 0 Å². The third kappa shape index (κ3) is 6.68. The van der Waals surface area contributed by atoms with Gasteiger partial charge in [0.1, 0.15) is 6.61 Å². The zero-order valence-corrected chi connectivity index (χ0v) is 15.1. The van der Waals surface area contributed by atoms with E-state index in [4.69, 9.17) is 4.74 Å². The monoisotopic (exact) mass is 361 g/mol. The summed E-state index contributed by atoms with van der Waals surface area (Å²) in [6, 6.07) is 16.2. The lowest BCUT2D eigenvalue weighted by Gasteiger charge is -2.07. The van der Waals surface area contributed by atoms with E-state index in [1.807, 2.05) is 37.3 Å². The van der Waals surface area contributed by atoms with Crippen LogP contribution in [0.5, 0.6) is 0 Å². The smallest absolute Gasteiger partial charge is 0.306 e. The van der Waals surface area contributed by atoms with Gasteiger partial charge in [-0.15, -0.1) is 0 Å². The summed E-state index contributed by atoms with van der Waals surface area (Å²) in [6.07, 6.45) is 1.43. The molecule has 0 aromatic heterocycles. The number of rotatable bonds is 9. The summed E-state index contributed by atoms with van der Waals surface area (Å²) >= 11 is 0. The van der Waals surface area contributed by atoms with Crippen LogP contribution in [0.2, 0.25) is 0 Å². The molecule has 6 heteroatoms. The van der Waals surface area contributed by atoms with Gasteiger partial charge in [-0.25, -0.2) is 13.1 Å². The van der Waals surface area contributed by atoms with Crippen LogP contribution < -0.4 is 4.72 Å². The highest BCUT2D eigenvalue weighted by Gasteiger charge is 2.12. The van der Waals surface area contributed by atoms with Gasteiger partial charge in [-0.1, -0.05) is 48.0 Å². The highest BCUT2D eigenvalue weighted by atomic mass is 32.2. The van der Waals surface area contributed by atoms with E-state index in [0.717, 1.165) is 11.1 Å². The Hall–Kier alpha value is -2.18. The molecule has 25 heavy (non-hydrogen) atoms. The second-order valence-corrected chi connectivity index (χ2v) is 7.58. The van der Waals surface area contributed by atoms with Crippen LogP contribution in [0.3, 0.4) is 0 Å². The number of carbonyl (C=O) groups is 1. The number of carbonyl (C=O) groups excluding carboxylic acids is 1. The second-order valence-electron chi connectivity index (χ2n) is 5.81. The van der Waals surface area contributed by atoms with Crippen molar-refractivity contribution in [1.82, 2.24) is 4.72 Å². The first-order valence-corrected chi connectivity index (χ1v) is 9.71. The lowest BCUT2D eigenvalue weighted by Crippen LogP contribution is -2.24. The summed E-state index contributed by atoms with van der Waals surface area (Å²) in [5.41, 5.74) is 1.95. The Morgan fingerprint density at radius 1 is 1.00 bits per heavy atom. The van der Waals surface area contributed by atoms with Crippen molar-refractivity contribution in [2.45, 2.75) is 37.7 Å². The Kier molecular flexibility index (Phi) is 7.16. The van der Waals surface area contributed by atoms with Gasteiger partial charge in [-0.05, 0) is 37.5 Å². The Labute approximate surface area is 149 Å². The van der Waals surface area contributed by atoms with E-state index >= 15 is 0 Å². The van der Waals surface area contributed by atoms with Crippen molar-refractivity contribution >= 4 is 16.0 Å². The maximum absolute atomic E-state index is 12.1. The van der Waals surface area contributed by atoms with Gasteiger partial charge >= 0.3 is 5.97 Å². The second kappa shape index (κ2) is 9.34. The number of aryl methyl sites for hydroxylation is 1. The van der Waals surface area contributed by atoms with E-state index < -0.39 is 10.0 Å². The van der Waals surface area contributed by atoms with Gasteiger partial charge in [-0.2, -0.15) is 0 Å². The molecule has 0 amide bonds. The summed E-state index contributed by atoms with van der Waals surface area (Å²) < 4.78 is 31.9. The van der Waals surface area contributed by atoms with Crippen molar-refractivity contribution in [2.75, 3.05) is 6.54 Å². The third-order valence-corrected chi connectivity index (χ3v) is 5.15. The number of sulfonamides is 1. The molecule has 0 radical (unpaired) electrons. The maximum atomic E-state index is 12.1. The largest absolute Gasteiger partial charge is 0.461 e. The standard InChI is InChI=1S/C19H23NO4S/c1-16-10-12-18(13-11-16)25(22,23)20-14-6-5-9-19(21)24-15-17-7-3-2-4-8-17/h2-4,7-8,10-13,20H,5-6,9,14-15H2,1H3. The molecule has 0 heterocycles. The predicted molar refractivity (Wildman–Crippen MR) is 96.5 cm³/mol. The number of esters is 1. The van der Waals surface area contributed by atoms with Gasteiger partial charge in [-0.3, -0.25) is 4.79 Å². The molecule has 0 aliphatic rings. The average Bonchev–Trinajstić information content (AvgIpc) is 2.61. The van der Waals surface area contributed by atoms with Crippen LogP contribution in [0.15, 0.2) is 59.5 Å². The van der Waals surface area contributed by atoms with Gasteiger partial charge in [0.05, 0.1) is 4.90 Å². The molecule has 2 rings (SSSR count). The van der Waals surface area contributed by atoms with Crippen LogP contribution >= 0.6 is 0 Å². The van der Waals surface area contributed by atoms with Crippen molar-refractivity contribution < 1.29 is 17.9 Å². The number of unbranched alkanes of at least 4 members (excludes halogenated alkanes) is 1. The highest BCUT2D eigenvalue weighted by molar-refractivity contribution is 7.89. The lowest BCUT2D eigenvalue weighted by molar-refractivity contribution is -0.145. The van der Waals surface area contributed by atoms with Crippen LogP contribution in [0.25, 0.3) is 0 Å². The summed E-state index contributed by atoms with van der Waals surface area (Å²) in [6.45, 7) is 2.46. The first kappa shape index (κ1) is 19.1. The molecule has 0 aliphatic heterocycles. The van der Waals surface area contributed by atoms with Crippen LogP contribution in [0.1, 0.15) is 30.4 Å². The fourth-order valence-corrected chi connectivity index (χ4v) is 3.29. The van der Waals surface area contributed by atoms with E-state index in [-0.39, 0.29) is 23.9 Å². The maximum Gasteiger partial charge on any atom is 0.306 e. The van der Waals surface area contributed by atoms with Gasteiger partial charge in [0.2, 0.25) is 10.0 Å². The molecule has 0 saturated heterocycles. The minimum atomic E-state index is -3.49. The average molecular weight is 361 g/mol. The molecule has 0 spiro atoms. The summed E-state index contributed by atoms with van der Waals surface area (Å²) in [7, 11) is -3.49. The van der Waals surface area contributed by atoms with Crippen LogP contribution in [0.4, 0.5) is 0 Å². The molecule has 2 aromatic rings. The van der Waals surface area contributed by atoms with Crippen LogP contribution in [-0.4, -0.2) is 20.9 Å². The fourth-order valence-electron chi connectivity index (χ4n) is 2.21. The molecule has 134 valence electrons. The van der Waals surface area contributed by atoms with Crippen molar-refractivity contribution in [2.24, 2.45) is 0 Å². The fraction of sp³-hybridized carbons (Fsp3) is 0.316. The van der Waals surface area contributed by atoms with Crippen molar-refractivity contribution in [3.63, 3.8) is 0 Å². The number of nitrogens with one attached hydrogen (secondary N) is 1. The van der Waals surface area contributed by atoms with Gasteiger partial charge in [0, 0.05) is 13.0 Å². The van der Waals surface area contributed by atoms with E-state index in [9.17, 15) is 13.2 Å². The normalized spacial score (nSPS) is 11.2. The molecule has 0 bridgehead atoms. The van der Waals surface area contributed by atoms with Gasteiger partial charge < -0.3 is 4.74 Å². The number of ether oxygens (including phenoxy) is 1. The summed E-state index contributed by atoms with van der Waals surface area (Å²) in [5.74, 6) is -0.273.